The molecule has 31 heavy (non-hydrogen) atoms. The van der Waals surface area contributed by atoms with E-state index in [-0.39, 0.29) is 17.4 Å². The van der Waals surface area contributed by atoms with Gasteiger partial charge in [-0.15, -0.1) is 0 Å². The molecule has 0 aliphatic heterocycles. The van der Waals surface area contributed by atoms with E-state index >= 15 is 0 Å². The molecule has 3 rings (SSSR count). The van der Waals surface area contributed by atoms with Crippen LogP contribution in [0.2, 0.25) is 0 Å². The van der Waals surface area contributed by atoms with E-state index in [9.17, 15) is 14.0 Å². The van der Waals surface area contributed by atoms with Crippen molar-refractivity contribution in [3.05, 3.63) is 75.1 Å². The molecule has 162 valence electrons. The fraction of sp³-hybridized carbons (Fsp3) is 0.273. The highest BCUT2D eigenvalue weighted by Gasteiger charge is 2.20. The molecule has 0 aliphatic rings. The van der Waals surface area contributed by atoms with E-state index in [0.717, 1.165) is 22.3 Å². The van der Waals surface area contributed by atoms with E-state index in [1.807, 2.05) is 26.0 Å². The van der Waals surface area contributed by atoms with Crippen LogP contribution < -0.4 is 22.3 Å². The summed E-state index contributed by atoms with van der Waals surface area (Å²) in [5, 5.41) is 2.64. The quantitative estimate of drug-likeness (QED) is 0.558. The van der Waals surface area contributed by atoms with Gasteiger partial charge >= 0.3 is 0 Å². The highest BCUT2D eigenvalue weighted by atomic mass is 19.1. The Bertz CT molecular complexity index is 1170. The number of carbonyl (C=O) groups is 1. The molecule has 0 fully saturated rings. The van der Waals surface area contributed by atoms with E-state index in [2.05, 4.69) is 15.3 Å². The molecule has 2 heterocycles. The minimum atomic E-state index is -0.697. The van der Waals surface area contributed by atoms with Gasteiger partial charge in [-0.05, 0) is 49.1 Å². The van der Waals surface area contributed by atoms with Crippen molar-refractivity contribution < 1.29 is 9.18 Å². The highest BCUT2D eigenvalue weighted by molar-refractivity contribution is 6.06. The van der Waals surface area contributed by atoms with Crippen LogP contribution in [0, 0.1) is 13.8 Å². The molecule has 0 saturated heterocycles. The molecule has 5 N–H and O–H groups in total. The molecule has 9 heteroatoms. The molecule has 2 aromatic heterocycles. The Labute approximate surface area is 179 Å². The van der Waals surface area contributed by atoms with E-state index in [1.165, 1.54) is 17.1 Å². The van der Waals surface area contributed by atoms with Gasteiger partial charge in [0.2, 0.25) is 0 Å². The minimum absolute atomic E-state index is 0.181. The lowest BCUT2D eigenvalue weighted by Crippen LogP contribution is -2.31. The summed E-state index contributed by atoms with van der Waals surface area (Å²) in [7, 11) is 0. The second kappa shape index (κ2) is 9.05. The lowest BCUT2D eigenvalue weighted by Gasteiger charge is -2.16. The number of anilines is 2. The average molecular weight is 424 g/mol. The molecule has 1 atom stereocenters. The van der Waals surface area contributed by atoms with Crippen LogP contribution in [0.3, 0.4) is 0 Å². The summed E-state index contributed by atoms with van der Waals surface area (Å²) in [4.78, 5) is 34.2. The van der Waals surface area contributed by atoms with Crippen LogP contribution in [0.5, 0.6) is 0 Å². The second-order valence-electron chi connectivity index (χ2n) is 7.45. The van der Waals surface area contributed by atoms with Crippen molar-refractivity contribution in [2.24, 2.45) is 5.73 Å². The normalized spacial score (nSPS) is 11.9. The maximum atomic E-state index is 13.2. The van der Waals surface area contributed by atoms with Gasteiger partial charge in [-0.1, -0.05) is 12.1 Å². The number of halogens is 1. The van der Waals surface area contributed by atoms with E-state index < -0.39 is 18.1 Å². The number of benzene rings is 1. The zero-order valence-corrected chi connectivity index (χ0v) is 17.6. The molecule has 0 radical (unpaired) electrons. The fourth-order valence-corrected chi connectivity index (χ4v) is 3.49. The lowest BCUT2D eigenvalue weighted by atomic mass is 10.0. The summed E-state index contributed by atoms with van der Waals surface area (Å²) in [6, 6.07) is 5.04. The van der Waals surface area contributed by atoms with Crippen molar-refractivity contribution in [1.29, 1.82) is 0 Å². The van der Waals surface area contributed by atoms with Crippen LogP contribution in [0.1, 0.15) is 45.6 Å². The minimum Gasteiger partial charge on any atom is -0.383 e. The van der Waals surface area contributed by atoms with Crippen LogP contribution in [0.4, 0.5) is 15.9 Å². The first-order chi connectivity index (χ1) is 14.7. The number of nitrogen functional groups attached to an aromatic ring is 1. The van der Waals surface area contributed by atoms with Crippen LogP contribution >= 0.6 is 0 Å². The van der Waals surface area contributed by atoms with Crippen molar-refractivity contribution >= 4 is 17.4 Å². The Morgan fingerprint density at radius 3 is 2.52 bits per heavy atom. The summed E-state index contributed by atoms with van der Waals surface area (Å²) in [6.07, 6.45) is 4.63. The molecule has 3 aromatic rings. The molecule has 0 bridgehead atoms. The number of alkyl halides is 1. The standard InChI is InChI=1S/C22H25FN6O2/c1-12-6-15(4-5-23)7-13(2)19(12)29-11-27-20(25)18(22(29)31)21(30)28-17-8-16(14(3)24)9-26-10-17/h6-11,14H,4-5,24-25H2,1-3H3,(H,28,30). The summed E-state index contributed by atoms with van der Waals surface area (Å²) in [5.41, 5.74) is 14.9. The molecule has 1 amide bonds. The van der Waals surface area contributed by atoms with Gasteiger partial charge in [-0.25, -0.2) is 4.98 Å². The largest absolute Gasteiger partial charge is 0.383 e. The van der Waals surface area contributed by atoms with Crippen LogP contribution in [0.15, 0.2) is 41.7 Å². The third-order valence-electron chi connectivity index (χ3n) is 4.95. The number of hydrogen-bond acceptors (Lipinski definition) is 6. The van der Waals surface area contributed by atoms with E-state index in [4.69, 9.17) is 11.5 Å². The maximum Gasteiger partial charge on any atom is 0.272 e. The number of carbonyl (C=O) groups excluding carboxylic acids is 1. The third-order valence-corrected chi connectivity index (χ3v) is 4.95. The number of nitrogens with two attached hydrogens (primary N) is 2. The number of aromatic nitrogens is 3. The van der Waals surface area contributed by atoms with Gasteiger partial charge in [0.15, 0.2) is 0 Å². The Kier molecular flexibility index (Phi) is 6.45. The third kappa shape index (κ3) is 4.61. The van der Waals surface area contributed by atoms with E-state index in [0.29, 0.717) is 17.8 Å². The molecule has 8 nitrogen and oxygen atoms in total. The molecule has 1 aromatic carbocycles. The summed E-state index contributed by atoms with van der Waals surface area (Å²) >= 11 is 0. The summed E-state index contributed by atoms with van der Waals surface area (Å²) in [6.45, 7) is 4.96. The number of hydrogen-bond donors (Lipinski definition) is 3. The zero-order chi connectivity index (χ0) is 22.7. The molecule has 0 aliphatic carbocycles. The number of amides is 1. The molecule has 1 unspecified atom stereocenters. The maximum absolute atomic E-state index is 13.2. The van der Waals surface area contributed by atoms with Crippen molar-refractivity contribution in [3.8, 4) is 5.69 Å². The van der Waals surface area contributed by atoms with Gasteiger partial charge in [0.1, 0.15) is 17.7 Å². The van der Waals surface area contributed by atoms with Crippen molar-refractivity contribution in [2.45, 2.75) is 33.2 Å². The number of nitrogens with zero attached hydrogens (tertiary/aromatic N) is 3. The monoisotopic (exact) mass is 424 g/mol. The SMILES string of the molecule is Cc1cc(CCF)cc(C)c1-n1cnc(N)c(C(=O)Nc2cncc(C(C)N)c2)c1=O. The zero-order valence-electron chi connectivity index (χ0n) is 17.6. The van der Waals surface area contributed by atoms with E-state index in [1.54, 1.807) is 19.2 Å². The van der Waals surface area contributed by atoms with Gasteiger partial charge < -0.3 is 16.8 Å². The van der Waals surface area contributed by atoms with Gasteiger partial charge in [0, 0.05) is 18.7 Å². The average Bonchev–Trinajstić information content (AvgIpc) is 2.69. The Morgan fingerprint density at radius 1 is 1.23 bits per heavy atom. The van der Waals surface area contributed by atoms with Crippen molar-refractivity contribution in [3.63, 3.8) is 0 Å². The number of aryl methyl sites for hydroxylation is 3. The number of nitrogens with one attached hydrogen (secondary N) is 1. The van der Waals surface area contributed by atoms with Gasteiger partial charge in [-0.2, -0.15) is 0 Å². The van der Waals surface area contributed by atoms with Crippen molar-refractivity contribution in [1.82, 2.24) is 14.5 Å². The second-order valence-corrected chi connectivity index (χ2v) is 7.45. The number of pyridine rings is 1. The topological polar surface area (TPSA) is 129 Å². The number of rotatable bonds is 6. The first-order valence-corrected chi connectivity index (χ1v) is 9.78. The lowest BCUT2D eigenvalue weighted by molar-refractivity contribution is 0.102. The Hall–Kier alpha value is -3.59. The van der Waals surface area contributed by atoms with Crippen LogP contribution in [-0.2, 0) is 6.42 Å². The molecular formula is C22H25FN6O2. The predicted molar refractivity (Wildman–Crippen MR) is 118 cm³/mol. The fourth-order valence-electron chi connectivity index (χ4n) is 3.49. The summed E-state index contributed by atoms with van der Waals surface area (Å²) < 4.78 is 14.0. The molecular weight excluding hydrogens is 399 g/mol. The summed E-state index contributed by atoms with van der Waals surface area (Å²) in [5.74, 6) is -0.878. The first-order valence-electron chi connectivity index (χ1n) is 9.78. The first kappa shape index (κ1) is 22.1. The smallest absolute Gasteiger partial charge is 0.272 e. The van der Waals surface area contributed by atoms with Gasteiger partial charge in [0.05, 0.1) is 24.2 Å². The highest BCUT2D eigenvalue weighted by Crippen LogP contribution is 2.21. The molecule has 0 saturated carbocycles. The Balaban J connectivity index is 2.03. The van der Waals surface area contributed by atoms with Gasteiger partial charge in [-0.3, -0.25) is 23.5 Å². The Morgan fingerprint density at radius 2 is 1.90 bits per heavy atom. The molecule has 0 spiro atoms. The van der Waals surface area contributed by atoms with Crippen LogP contribution in [-0.4, -0.2) is 27.1 Å². The van der Waals surface area contributed by atoms with Crippen LogP contribution in [0.25, 0.3) is 5.69 Å². The van der Waals surface area contributed by atoms with Crippen molar-refractivity contribution in [2.75, 3.05) is 17.7 Å². The van der Waals surface area contributed by atoms with Gasteiger partial charge in [0.25, 0.3) is 11.5 Å². The predicted octanol–water partition coefficient (Wildman–Crippen LogP) is 2.61.